The van der Waals surface area contributed by atoms with Crippen molar-refractivity contribution in [2.75, 3.05) is 28.7 Å². The van der Waals surface area contributed by atoms with Crippen LogP contribution in [0.1, 0.15) is 33.3 Å². The Hall–Kier alpha value is -1.96. The molecule has 2 saturated heterocycles. The van der Waals surface area contributed by atoms with E-state index in [1.165, 1.54) is 5.56 Å². The molecule has 0 spiro atoms. The molecule has 0 bridgehead atoms. The van der Waals surface area contributed by atoms with Crippen LogP contribution in [-0.4, -0.2) is 36.0 Å². The minimum absolute atomic E-state index is 0.158. The summed E-state index contributed by atoms with van der Waals surface area (Å²) in [4.78, 5) is 24.9. The van der Waals surface area contributed by atoms with Gasteiger partial charge in [0.2, 0.25) is 0 Å². The molecule has 2 aromatic rings. The Kier molecular flexibility index (Phi) is 6.24. The van der Waals surface area contributed by atoms with Crippen LogP contribution in [0.25, 0.3) is 0 Å². The average Bonchev–Trinajstić information content (AvgIpc) is 3.42. The summed E-state index contributed by atoms with van der Waals surface area (Å²) in [5, 5.41) is 5.80. The number of ether oxygens (including phenoxy) is 1. The highest BCUT2D eigenvalue weighted by Crippen LogP contribution is 2.45. The van der Waals surface area contributed by atoms with Crippen LogP contribution in [0.4, 0.5) is 11.4 Å². The van der Waals surface area contributed by atoms with E-state index < -0.39 is 6.10 Å². The Morgan fingerprint density at radius 3 is 2.46 bits per heavy atom. The summed E-state index contributed by atoms with van der Waals surface area (Å²) in [5.41, 5.74) is 3.10. The van der Waals surface area contributed by atoms with Crippen LogP contribution in [0, 0.1) is 0 Å². The number of hydrogen-bond donors (Lipinski definition) is 2. The molecule has 1 atom stereocenters. The fraction of sp³-hybridized carbons (Fsp3) is 0.333. The van der Waals surface area contributed by atoms with Gasteiger partial charge in [0.15, 0.2) is 0 Å². The molecular weight excluding hydrogens is 392 g/mol. The first-order chi connectivity index (χ1) is 13.7. The summed E-state index contributed by atoms with van der Waals surface area (Å²) < 4.78 is 5.84. The van der Waals surface area contributed by atoms with Gasteiger partial charge < -0.3 is 15.4 Å². The molecule has 2 heterocycles. The first-order valence-corrected chi connectivity index (χ1v) is 11.5. The van der Waals surface area contributed by atoms with Crippen molar-refractivity contribution in [3.8, 4) is 0 Å². The van der Waals surface area contributed by atoms with Gasteiger partial charge in [-0.3, -0.25) is 9.59 Å². The zero-order valence-corrected chi connectivity index (χ0v) is 17.0. The molecule has 146 valence electrons. The third kappa shape index (κ3) is 4.71. The molecule has 2 amide bonds. The first-order valence-electron chi connectivity index (χ1n) is 9.36. The quantitative estimate of drug-likeness (QED) is 0.752. The third-order valence-electron chi connectivity index (χ3n) is 4.65. The van der Waals surface area contributed by atoms with E-state index in [4.69, 9.17) is 4.74 Å². The lowest BCUT2D eigenvalue weighted by Gasteiger charge is -2.13. The molecule has 2 N–H and O–H groups in total. The molecule has 28 heavy (non-hydrogen) atoms. The summed E-state index contributed by atoms with van der Waals surface area (Å²) in [6, 6.07) is 15.0. The SMILES string of the molecule is O=C(Nc1cccc(C2SCCS2)c1)c1cccc(NC(=O)C2CCCO2)c1. The molecule has 4 rings (SSSR count). The zero-order chi connectivity index (χ0) is 19.3. The molecule has 5 nitrogen and oxygen atoms in total. The van der Waals surface area contributed by atoms with E-state index in [1.807, 2.05) is 41.7 Å². The van der Waals surface area contributed by atoms with Crippen molar-refractivity contribution in [1.82, 2.24) is 0 Å². The monoisotopic (exact) mass is 414 g/mol. The van der Waals surface area contributed by atoms with E-state index in [9.17, 15) is 9.59 Å². The van der Waals surface area contributed by atoms with Gasteiger partial charge in [-0.2, -0.15) is 0 Å². The molecule has 2 fully saturated rings. The van der Waals surface area contributed by atoms with Gasteiger partial charge in [-0.25, -0.2) is 0 Å². The van der Waals surface area contributed by atoms with Gasteiger partial charge in [-0.05, 0) is 48.7 Å². The van der Waals surface area contributed by atoms with Gasteiger partial charge >= 0.3 is 0 Å². The Bertz CT molecular complexity index is 862. The Morgan fingerprint density at radius 1 is 0.964 bits per heavy atom. The number of rotatable bonds is 5. The summed E-state index contributed by atoms with van der Waals surface area (Å²) in [6.45, 7) is 0.622. The van der Waals surface area contributed by atoms with Gasteiger partial charge in [0.05, 0.1) is 4.58 Å². The number of benzene rings is 2. The van der Waals surface area contributed by atoms with Crippen LogP contribution in [0.15, 0.2) is 48.5 Å². The van der Waals surface area contributed by atoms with Crippen molar-refractivity contribution in [2.24, 2.45) is 0 Å². The van der Waals surface area contributed by atoms with Gasteiger partial charge in [0.1, 0.15) is 6.10 Å². The normalized spacial score (nSPS) is 19.5. The lowest BCUT2D eigenvalue weighted by atomic mass is 10.1. The molecule has 0 aromatic heterocycles. The number of anilines is 2. The molecule has 0 radical (unpaired) electrons. The van der Waals surface area contributed by atoms with Crippen molar-refractivity contribution < 1.29 is 14.3 Å². The second-order valence-electron chi connectivity index (χ2n) is 6.72. The minimum Gasteiger partial charge on any atom is -0.368 e. The largest absolute Gasteiger partial charge is 0.368 e. The van der Waals surface area contributed by atoms with Gasteiger partial charge in [-0.1, -0.05) is 18.2 Å². The van der Waals surface area contributed by atoms with Crippen LogP contribution in [-0.2, 0) is 9.53 Å². The molecule has 0 aliphatic carbocycles. The van der Waals surface area contributed by atoms with Crippen LogP contribution in [0.2, 0.25) is 0 Å². The highest BCUT2D eigenvalue weighted by atomic mass is 32.2. The summed E-state index contributed by atoms with van der Waals surface area (Å²) in [7, 11) is 0. The number of hydrogen-bond acceptors (Lipinski definition) is 5. The molecule has 0 saturated carbocycles. The summed E-state index contributed by atoms with van der Waals surface area (Å²) in [6.07, 6.45) is 1.24. The highest BCUT2D eigenvalue weighted by Gasteiger charge is 2.23. The van der Waals surface area contributed by atoms with Crippen LogP contribution in [0.5, 0.6) is 0 Å². The van der Waals surface area contributed by atoms with E-state index in [1.54, 1.807) is 24.3 Å². The highest BCUT2D eigenvalue weighted by molar-refractivity contribution is 8.19. The fourth-order valence-corrected chi connectivity index (χ4v) is 6.10. The maximum Gasteiger partial charge on any atom is 0.255 e. The van der Waals surface area contributed by atoms with Crippen molar-refractivity contribution in [3.05, 3.63) is 59.7 Å². The van der Waals surface area contributed by atoms with E-state index in [2.05, 4.69) is 16.7 Å². The van der Waals surface area contributed by atoms with Crippen LogP contribution < -0.4 is 10.6 Å². The maximum absolute atomic E-state index is 12.7. The molecular formula is C21H22N2O3S2. The molecule has 1 unspecified atom stereocenters. The predicted molar refractivity (Wildman–Crippen MR) is 116 cm³/mol. The Labute approximate surface area is 173 Å². The van der Waals surface area contributed by atoms with Gasteiger partial charge in [0.25, 0.3) is 11.8 Å². The molecule has 2 aliphatic rings. The van der Waals surface area contributed by atoms with E-state index in [0.717, 1.165) is 30.0 Å². The topological polar surface area (TPSA) is 67.4 Å². The maximum atomic E-state index is 12.7. The minimum atomic E-state index is -0.397. The van der Waals surface area contributed by atoms with Crippen molar-refractivity contribution in [2.45, 2.75) is 23.5 Å². The number of nitrogens with one attached hydrogen (secondary N) is 2. The van der Waals surface area contributed by atoms with Crippen molar-refractivity contribution >= 4 is 46.7 Å². The second kappa shape index (κ2) is 9.03. The average molecular weight is 415 g/mol. The second-order valence-corrected chi connectivity index (χ2v) is 9.45. The Balaban J connectivity index is 1.42. The lowest BCUT2D eigenvalue weighted by Crippen LogP contribution is -2.27. The molecule has 2 aromatic carbocycles. The van der Waals surface area contributed by atoms with E-state index in [0.29, 0.717) is 22.4 Å². The number of carbonyl (C=O) groups is 2. The number of amides is 2. The van der Waals surface area contributed by atoms with Crippen molar-refractivity contribution in [1.29, 1.82) is 0 Å². The van der Waals surface area contributed by atoms with Crippen LogP contribution >= 0.6 is 23.5 Å². The predicted octanol–water partition coefficient (Wildman–Crippen LogP) is 4.54. The first kappa shape index (κ1) is 19.4. The summed E-state index contributed by atoms with van der Waals surface area (Å²) in [5.74, 6) is 1.97. The lowest BCUT2D eigenvalue weighted by molar-refractivity contribution is -0.124. The van der Waals surface area contributed by atoms with E-state index >= 15 is 0 Å². The molecule has 7 heteroatoms. The Morgan fingerprint density at radius 2 is 1.71 bits per heavy atom. The van der Waals surface area contributed by atoms with E-state index in [-0.39, 0.29) is 11.8 Å². The van der Waals surface area contributed by atoms with Gasteiger partial charge in [-0.15, -0.1) is 23.5 Å². The van der Waals surface area contributed by atoms with Gasteiger partial charge in [0, 0.05) is 35.1 Å². The standard InChI is InChI=1S/C21H22N2O3S2/c24-19(22-17-7-2-5-15(13-17)21-27-10-11-28-21)14-4-1-6-16(12-14)23-20(25)18-8-3-9-26-18/h1-2,4-7,12-13,18,21H,3,8-11H2,(H,22,24)(H,23,25). The number of thioether (sulfide) groups is 2. The number of carbonyl (C=O) groups excluding carboxylic acids is 2. The van der Waals surface area contributed by atoms with Crippen LogP contribution in [0.3, 0.4) is 0 Å². The fourth-order valence-electron chi connectivity index (χ4n) is 3.26. The zero-order valence-electron chi connectivity index (χ0n) is 15.4. The smallest absolute Gasteiger partial charge is 0.255 e. The summed E-state index contributed by atoms with van der Waals surface area (Å²) >= 11 is 3.87. The molecule has 2 aliphatic heterocycles. The van der Waals surface area contributed by atoms with Crippen molar-refractivity contribution in [3.63, 3.8) is 0 Å². The third-order valence-corrected chi connectivity index (χ3v) is 7.76.